The number of para-hydroxylation sites is 1. The third-order valence-electron chi connectivity index (χ3n) is 4.20. The normalized spacial score (nSPS) is 17.7. The van der Waals surface area contributed by atoms with E-state index in [9.17, 15) is 0 Å². The summed E-state index contributed by atoms with van der Waals surface area (Å²) in [5.41, 5.74) is 2.19. The highest BCUT2D eigenvalue weighted by Crippen LogP contribution is 2.22. The van der Waals surface area contributed by atoms with Crippen LogP contribution in [0.2, 0.25) is 0 Å². The number of nitrogens with one attached hydrogen (secondary N) is 1. The number of anilines is 1. The van der Waals surface area contributed by atoms with Crippen molar-refractivity contribution >= 4 is 5.69 Å². The van der Waals surface area contributed by atoms with Gasteiger partial charge in [0.05, 0.1) is 12.0 Å². The fourth-order valence-corrected chi connectivity index (χ4v) is 2.98. The molecule has 0 aliphatic carbocycles. The number of rotatable bonds is 5. The van der Waals surface area contributed by atoms with Crippen LogP contribution in [0.5, 0.6) is 0 Å². The van der Waals surface area contributed by atoms with Crippen LogP contribution in [0.15, 0.2) is 63.7 Å². The SMILES string of the molecule is c1ccc(N2CC[C@@H](NCc3cc(-c4ccco4)on3)C2)cc1. The topological polar surface area (TPSA) is 54.4 Å². The lowest BCUT2D eigenvalue weighted by molar-refractivity contribution is 0.405. The Balaban J connectivity index is 1.32. The molecule has 0 spiro atoms. The second-order valence-electron chi connectivity index (χ2n) is 5.81. The van der Waals surface area contributed by atoms with Crippen molar-refractivity contribution in [1.29, 1.82) is 0 Å². The monoisotopic (exact) mass is 309 g/mol. The van der Waals surface area contributed by atoms with E-state index in [1.54, 1.807) is 6.26 Å². The maximum Gasteiger partial charge on any atom is 0.202 e. The molecule has 5 heteroatoms. The van der Waals surface area contributed by atoms with Gasteiger partial charge in [0.25, 0.3) is 0 Å². The molecule has 1 atom stereocenters. The Kier molecular flexibility index (Phi) is 3.86. The number of hydrogen-bond acceptors (Lipinski definition) is 5. The Morgan fingerprint density at radius 1 is 1.13 bits per heavy atom. The highest BCUT2D eigenvalue weighted by Gasteiger charge is 2.22. The highest BCUT2D eigenvalue weighted by molar-refractivity contribution is 5.49. The molecule has 5 nitrogen and oxygen atoms in total. The fourth-order valence-electron chi connectivity index (χ4n) is 2.98. The molecular formula is C18H19N3O2. The fraction of sp³-hybridized carbons (Fsp3) is 0.278. The minimum Gasteiger partial charge on any atom is -0.461 e. The number of aromatic nitrogens is 1. The van der Waals surface area contributed by atoms with Gasteiger partial charge in [0.15, 0.2) is 5.76 Å². The first-order chi connectivity index (χ1) is 11.4. The smallest absolute Gasteiger partial charge is 0.202 e. The number of nitrogens with zero attached hydrogens (tertiary/aromatic N) is 2. The van der Waals surface area contributed by atoms with Gasteiger partial charge < -0.3 is 19.2 Å². The molecule has 0 amide bonds. The maximum atomic E-state index is 5.32. The lowest BCUT2D eigenvalue weighted by atomic mass is 10.2. The molecule has 0 radical (unpaired) electrons. The van der Waals surface area contributed by atoms with Gasteiger partial charge in [-0.2, -0.15) is 0 Å². The van der Waals surface area contributed by atoms with Crippen LogP contribution in [0.25, 0.3) is 11.5 Å². The summed E-state index contributed by atoms with van der Waals surface area (Å²) in [5, 5.41) is 7.66. The van der Waals surface area contributed by atoms with E-state index in [0.29, 0.717) is 24.1 Å². The molecule has 3 aromatic rings. The summed E-state index contributed by atoms with van der Waals surface area (Å²) in [4.78, 5) is 2.41. The van der Waals surface area contributed by atoms with Gasteiger partial charge in [0, 0.05) is 37.4 Å². The lowest BCUT2D eigenvalue weighted by Gasteiger charge is -2.18. The summed E-state index contributed by atoms with van der Waals surface area (Å²) in [6, 6.07) is 16.7. The Morgan fingerprint density at radius 2 is 2.04 bits per heavy atom. The first kappa shape index (κ1) is 14.1. The van der Waals surface area contributed by atoms with Gasteiger partial charge >= 0.3 is 0 Å². The van der Waals surface area contributed by atoms with Crippen LogP contribution in [0, 0.1) is 0 Å². The third-order valence-corrected chi connectivity index (χ3v) is 4.20. The molecule has 1 saturated heterocycles. The van der Waals surface area contributed by atoms with Crippen LogP contribution in [-0.2, 0) is 6.54 Å². The van der Waals surface area contributed by atoms with Gasteiger partial charge in [0.1, 0.15) is 0 Å². The van der Waals surface area contributed by atoms with Crippen molar-refractivity contribution in [2.45, 2.75) is 19.0 Å². The van der Waals surface area contributed by atoms with Gasteiger partial charge in [0.2, 0.25) is 5.76 Å². The van der Waals surface area contributed by atoms with E-state index < -0.39 is 0 Å². The summed E-state index contributed by atoms with van der Waals surface area (Å²) in [5.74, 6) is 1.38. The van der Waals surface area contributed by atoms with E-state index in [4.69, 9.17) is 8.94 Å². The molecule has 118 valence electrons. The molecule has 1 fully saturated rings. The highest BCUT2D eigenvalue weighted by atomic mass is 16.5. The molecule has 1 aliphatic rings. The van der Waals surface area contributed by atoms with E-state index in [-0.39, 0.29) is 0 Å². The van der Waals surface area contributed by atoms with Gasteiger partial charge in [-0.3, -0.25) is 0 Å². The van der Waals surface area contributed by atoms with Crippen LogP contribution < -0.4 is 10.2 Å². The van der Waals surface area contributed by atoms with E-state index in [0.717, 1.165) is 25.2 Å². The van der Waals surface area contributed by atoms with Crippen molar-refractivity contribution in [3.8, 4) is 11.5 Å². The second-order valence-corrected chi connectivity index (χ2v) is 5.81. The van der Waals surface area contributed by atoms with Crippen molar-refractivity contribution < 1.29 is 8.94 Å². The summed E-state index contributed by atoms with van der Waals surface area (Å²) < 4.78 is 10.6. The van der Waals surface area contributed by atoms with Gasteiger partial charge in [-0.15, -0.1) is 0 Å². The lowest BCUT2D eigenvalue weighted by Crippen LogP contribution is -2.32. The zero-order valence-corrected chi connectivity index (χ0v) is 12.8. The molecule has 0 saturated carbocycles. The van der Waals surface area contributed by atoms with Crippen molar-refractivity contribution in [1.82, 2.24) is 10.5 Å². The maximum absolute atomic E-state index is 5.32. The molecule has 2 aromatic heterocycles. The van der Waals surface area contributed by atoms with E-state index in [1.807, 2.05) is 18.2 Å². The predicted octanol–water partition coefficient (Wildman–Crippen LogP) is 3.30. The Hall–Kier alpha value is -2.53. The summed E-state index contributed by atoms with van der Waals surface area (Å²) in [6.45, 7) is 2.81. The van der Waals surface area contributed by atoms with Gasteiger partial charge in [-0.05, 0) is 30.7 Å². The number of benzene rings is 1. The van der Waals surface area contributed by atoms with E-state index in [2.05, 4.69) is 45.7 Å². The number of hydrogen-bond donors (Lipinski definition) is 1. The van der Waals surface area contributed by atoms with Crippen LogP contribution in [0.3, 0.4) is 0 Å². The van der Waals surface area contributed by atoms with Crippen LogP contribution in [0.1, 0.15) is 12.1 Å². The van der Waals surface area contributed by atoms with Crippen molar-refractivity contribution in [2.75, 3.05) is 18.0 Å². The van der Waals surface area contributed by atoms with E-state index in [1.165, 1.54) is 5.69 Å². The van der Waals surface area contributed by atoms with Crippen molar-refractivity contribution in [2.24, 2.45) is 0 Å². The van der Waals surface area contributed by atoms with Crippen LogP contribution in [-0.4, -0.2) is 24.3 Å². The summed E-state index contributed by atoms with van der Waals surface area (Å²) in [7, 11) is 0. The molecule has 1 aliphatic heterocycles. The molecule has 0 unspecified atom stereocenters. The molecule has 3 heterocycles. The standard InChI is InChI=1S/C18H19N3O2/c1-2-5-16(6-3-1)21-9-8-14(13-21)19-12-15-11-18(23-20-15)17-7-4-10-22-17/h1-7,10-11,14,19H,8-9,12-13H2/t14-/m1/s1. The quantitative estimate of drug-likeness (QED) is 0.783. The summed E-state index contributed by atoms with van der Waals surface area (Å²) >= 11 is 0. The molecule has 23 heavy (non-hydrogen) atoms. The molecular weight excluding hydrogens is 290 g/mol. The molecule has 1 N–H and O–H groups in total. The molecule has 0 bridgehead atoms. The first-order valence-corrected chi connectivity index (χ1v) is 7.91. The first-order valence-electron chi connectivity index (χ1n) is 7.91. The zero-order chi connectivity index (χ0) is 15.5. The Bertz CT molecular complexity index is 737. The van der Waals surface area contributed by atoms with Crippen LogP contribution in [0.4, 0.5) is 5.69 Å². The minimum absolute atomic E-state index is 0.471. The second kappa shape index (κ2) is 6.30. The van der Waals surface area contributed by atoms with Crippen LogP contribution >= 0.6 is 0 Å². The minimum atomic E-state index is 0.471. The Labute approximate surface area is 134 Å². The molecule has 4 rings (SSSR count). The van der Waals surface area contributed by atoms with Gasteiger partial charge in [-0.1, -0.05) is 23.4 Å². The third kappa shape index (κ3) is 3.14. The summed E-state index contributed by atoms with van der Waals surface area (Å²) in [6.07, 6.45) is 2.77. The zero-order valence-electron chi connectivity index (χ0n) is 12.8. The average molecular weight is 309 g/mol. The average Bonchev–Trinajstić information content (AvgIpc) is 3.33. The van der Waals surface area contributed by atoms with Crippen molar-refractivity contribution in [3.63, 3.8) is 0 Å². The van der Waals surface area contributed by atoms with Gasteiger partial charge in [-0.25, -0.2) is 0 Å². The Morgan fingerprint density at radius 3 is 2.87 bits per heavy atom. The van der Waals surface area contributed by atoms with Crippen molar-refractivity contribution in [3.05, 3.63) is 60.5 Å². The number of furan rings is 1. The molecule has 1 aromatic carbocycles. The largest absolute Gasteiger partial charge is 0.461 e. The predicted molar refractivity (Wildman–Crippen MR) is 88.1 cm³/mol. The van der Waals surface area contributed by atoms with E-state index >= 15 is 0 Å².